The second kappa shape index (κ2) is 7.55. The van der Waals surface area contributed by atoms with Crippen molar-refractivity contribution >= 4 is 34.4 Å². The van der Waals surface area contributed by atoms with Crippen LogP contribution in [0.5, 0.6) is 0 Å². The molecule has 2 aromatic heterocycles. The molecule has 0 radical (unpaired) electrons. The van der Waals surface area contributed by atoms with E-state index < -0.39 is 0 Å². The summed E-state index contributed by atoms with van der Waals surface area (Å²) >= 11 is 12.6. The predicted octanol–water partition coefficient (Wildman–Crippen LogP) is 4.38. The van der Waals surface area contributed by atoms with Gasteiger partial charge in [0.15, 0.2) is 11.1 Å². The van der Waals surface area contributed by atoms with Crippen LogP contribution >= 0.6 is 23.2 Å². The van der Waals surface area contributed by atoms with Gasteiger partial charge in [0, 0.05) is 22.0 Å². The highest BCUT2D eigenvalue weighted by atomic mass is 35.5. The number of nitrogens with zero attached hydrogens (tertiary/aromatic N) is 3. The first-order valence-electron chi connectivity index (χ1n) is 8.57. The Balaban J connectivity index is 1.67. The van der Waals surface area contributed by atoms with Gasteiger partial charge in [-0.1, -0.05) is 59.6 Å². The molecule has 2 aromatic carbocycles. The number of hydrogen-bond donors (Lipinski definition) is 2. The minimum atomic E-state index is 0.171. The largest absolute Gasteiger partial charge is 0.338 e. The van der Waals surface area contributed by atoms with Crippen molar-refractivity contribution in [2.24, 2.45) is 0 Å². The van der Waals surface area contributed by atoms with Gasteiger partial charge in [-0.05, 0) is 24.1 Å². The first-order valence-corrected chi connectivity index (χ1v) is 9.33. The fourth-order valence-electron chi connectivity index (χ4n) is 3.03. The van der Waals surface area contributed by atoms with Crippen LogP contribution in [0, 0.1) is 5.41 Å². The molecule has 136 valence electrons. The van der Waals surface area contributed by atoms with Crippen molar-refractivity contribution in [1.29, 1.82) is 5.41 Å². The van der Waals surface area contributed by atoms with Gasteiger partial charge in [0.1, 0.15) is 11.3 Å². The van der Waals surface area contributed by atoms with Crippen LogP contribution < -0.4 is 5.49 Å². The summed E-state index contributed by atoms with van der Waals surface area (Å²) in [5, 5.41) is 9.28. The van der Waals surface area contributed by atoms with Crippen LogP contribution in [0.15, 0.2) is 54.9 Å². The maximum Gasteiger partial charge on any atom is 0.173 e. The lowest BCUT2D eigenvalue weighted by molar-refractivity contribution is 0.781. The Morgan fingerprint density at radius 1 is 0.963 bits per heavy atom. The van der Waals surface area contributed by atoms with E-state index >= 15 is 0 Å². The quantitative estimate of drug-likeness (QED) is 0.524. The van der Waals surface area contributed by atoms with E-state index in [4.69, 9.17) is 33.6 Å². The average Bonchev–Trinajstić information content (AvgIpc) is 3.11. The minimum absolute atomic E-state index is 0.171. The highest BCUT2D eigenvalue weighted by molar-refractivity contribution is 6.36. The molecule has 0 aliphatic rings. The van der Waals surface area contributed by atoms with Crippen LogP contribution in [0.25, 0.3) is 11.2 Å². The van der Waals surface area contributed by atoms with Crippen LogP contribution in [0.4, 0.5) is 0 Å². The van der Waals surface area contributed by atoms with Gasteiger partial charge in [0.05, 0.1) is 12.9 Å². The molecule has 0 aliphatic heterocycles. The van der Waals surface area contributed by atoms with Gasteiger partial charge >= 0.3 is 0 Å². The van der Waals surface area contributed by atoms with Crippen molar-refractivity contribution in [2.45, 2.75) is 19.4 Å². The maximum absolute atomic E-state index is 8.09. The molecular weight excluding hydrogens is 381 g/mol. The van der Waals surface area contributed by atoms with E-state index in [0.29, 0.717) is 27.8 Å². The lowest BCUT2D eigenvalue weighted by Gasteiger charge is -2.10. The van der Waals surface area contributed by atoms with Crippen molar-refractivity contribution in [3.05, 3.63) is 87.3 Å². The number of benzene rings is 2. The zero-order valence-electron chi connectivity index (χ0n) is 14.4. The number of hydrogen-bond acceptors (Lipinski definition) is 3. The van der Waals surface area contributed by atoms with Gasteiger partial charge in [-0.15, -0.1) is 0 Å². The standard InChI is InChI=1S/C20H17Cl2N5/c21-15-7-4-8-16(22)14(15)11-27-12-24-19(23)18-20(27)26-17(25-18)10-9-13-5-2-1-3-6-13/h1-8,12,23H,9-11H2,(H,25,26). The monoisotopic (exact) mass is 397 g/mol. The van der Waals surface area contributed by atoms with E-state index in [0.717, 1.165) is 24.2 Å². The molecule has 0 aliphatic carbocycles. The molecule has 7 heteroatoms. The van der Waals surface area contributed by atoms with E-state index in [1.807, 2.05) is 41.0 Å². The van der Waals surface area contributed by atoms with E-state index in [1.165, 1.54) is 5.56 Å². The number of imidazole rings is 1. The summed E-state index contributed by atoms with van der Waals surface area (Å²) in [6.07, 6.45) is 3.23. The number of halogens is 2. The summed E-state index contributed by atoms with van der Waals surface area (Å²) in [7, 11) is 0. The Bertz CT molecular complexity index is 1130. The molecule has 0 amide bonds. The van der Waals surface area contributed by atoms with Gasteiger partial charge in [-0.2, -0.15) is 0 Å². The second-order valence-electron chi connectivity index (χ2n) is 6.29. The Hall–Kier alpha value is -2.63. The summed E-state index contributed by atoms with van der Waals surface area (Å²) in [5.41, 5.74) is 3.51. The molecule has 2 N–H and O–H groups in total. The van der Waals surface area contributed by atoms with Crippen LogP contribution in [0.3, 0.4) is 0 Å². The van der Waals surface area contributed by atoms with Gasteiger partial charge in [0.25, 0.3) is 0 Å². The predicted molar refractivity (Wildman–Crippen MR) is 107 cm³/mol. The number of aromatic amines is 1. The molecule has 2 heterocycles. The Kier molecular flexibility index (Phi) is 4.97. The number of fused-ring (bicyclic) bond motifs is 1. The van der Waals surface area contributed by atoms with Gasteiger partial charge in [-0.25, -0.2) is 9.97 Å². The van der Waals surface area contributed by atoms with Crippen molar-refractivity contribution in [3.8, 4) is 0 Å². The summed E-state index contributed by atoms with van der Waals surface area (Å²) in [6, 6.07) is 15.7. The van der Waals surface area contributed by atoms with Crippen LogP contribution in [-0.4, -0.2) is 19.5 Å². The Labute approximate surface area is 166 Å². The van der Waals surface area contributed by atoms with E-state index in [1.54, 1.807) is 6.33 Å². The number of nitrogens with one attached hydrogen (secondary N) is 2. The summed E-state index contributed by atoms with van der Waals surface area (Å²) in [6.45, 7) is 0.436. The first-order chi connectivity index (χ1) is 13.1. The molecule has 0 bridgehead atoms. The topological polar surface area (TPSA) is 70.3 Å². The Morgan fingerprint density at radius 2 is 1.70 bits per heavy atom. The highest BCUT2D eigenvalue weighted by Gasteiger charge is 2.12. The molecule has 0 saturated heterocycles. The maximum atomic E-state index is 8.09. The fourth-order valence-corrected chi connectivity index (χ4v) is 3.54. The number of aryl methyl sites for hydroxylation is 2. The van der Waals surface area contributed by atoms with Crippen molar-refractivity contribution in [1.82, 2.24) is 19.5 Å². The van der Waals surface area contributed by atoms with Gasteiger partial charge in [-0.3, -0.25) is 5.41 Å². The minimum Gasteiger partial charge on any atom is -0.338 e. The fraction of sp³-hybridized carbons (Fsp3) is 0.150. The summed E-state index contributed by atoms with van der Waals surface area (Å²) in [5.74, 6) is 0.828. The number of H-pyrrole nitrogens is 1. The SMILES string of the molecule is N=c1ncn(Cc2c(Cl)cccc2Cl)c2nc(CCc3ccccc3)[nH]c12. The van der Waals surface area contributed by atoms with Crippen molar-refractivity contribution in [3.63, 3.8) is 0 Å². The molecule has 0 fully saturated rings. The summed E-state index contributed by atoms with van der Waals surface area (Å²) < 4.78 is 1.86. The zero-order chi connectivity index (χ0) is 18.8. The smallest absolute Gasteiger partial charge is 0.173 e. The molecule has 4 rings (SSSR count). The third-order valence-electron chi connectivity index (χ3n) is 4.45. The second-order valence-corrected chi connectivity index (χ2v) is 7.10. The van der Waals surface area contributed by atoms with E-state index in [2.05, 4.69) is 22.1 Å². The van der Waals surface area contributed by atoms with Crippen LogP contribution in [0.1, 0.15) is 17.0 Å². The molecule has 0 unspecified atom stereocenters. The lowest BCUT2D eigenvalue weighted by Crippen LogP contribution is -2.13. The average molecular weight is 398 g/mol. The van der Waals surface area contributed by atoms with E-state index in [9.17, 15) is 0 Å². The number of rotatable bonds is 5. The van der Waals surface area contributed by atoms with Crippen LogP contribution in [0.2, 0.25) is 10.0 Å². The Morgan fingerprint density at radius 3 is 2.44 bits per heavy atom. The van der Waals surface area contributed by atoms with Crippen molar-refractivity contribution in [2.75, 3.05) is 0 Å². The lowest BCUT2D eigenvalue weighted by atomic mass is 10.1. The van der Waals surface area contributed by atoms with Crippen molar-refractivity contribution < 1.29 is 0 Å². The molecule has 27 heavy (non-hydrogen) atoms. The third kappa shape index (κ3) is 3.75. The molecule has 5 nitrogen and oxygen atoms in total. The number of aromatic nitrogens is 4. The third-order valence-corrected chi connectivity index (χ3v) is 5.16. The first kappa shape index (κ1) is 17.8. The van der Waals surface area contributed by atoms with Crippen LogP contribution in [-0.2, 0) is 19.4 Å². The van der Waals surface area contributed by atoms with Gasteiger partial charge in [0.2, 0.25) is 0 Å². The molecule has 4 aromatic rings. The molecule has 0 saturated carbocycles. The molecular formula is C20H17Cl2N5. The summed E-state index contributed by atoms with van der Waals surface area (Å²) in [4.78, 5) is 12.1. The van der Waals surface area contributed by atoms with Gasteiger partial charge < -0.3 is 9.55 Å². The normalized spacial score (nSPS) is 11.2. The molecule has 0 atom stereocenters. The van der Waals surface area contributed by atoms with E-state index in [-0.39, 0.29) is 5.49 Å². The zero-order valence-corrected chi connectivity index (χ0v) is 15.9. The highest BCUT2D eigenvalue weighted by Crippen LogP contribution is 2.25. The molecule has 0 spiro atoms.